The second kappa shape index (κ2) is 8.05. The molecule has 1 aliphatic carbocycles. The summed E-state index contributed by atoms with van der Waals surface area (Å²) in [4.78, 5) is 16.7. The van der Waals surface area contributed by atoms with Crippen LogP contribution in [0.2, 0.25) is 0 Å². The summed E-state index contributed by atoms with van der Waals surface area (Å²) >= 11 is 0. The van der Waals surface area contributed by atoms with Crippen LogP contribution in [0.4, 0.5) is 0 Å². The molecule has 0 bridgehead atoms. The van der Waals surface area contributed by atoms with Gasteiger partial charge in [0, 0.05) is 18.9 Å². The Hall–Kier alpha value is -2.82. The number of para-hydroxylation sites is 2. The minimum absolute atomic E-state index is 0.181. The lowest BCUT2D eigenvalue weighted by atomic mass is 10.1. The number of nitrogens with one attached hydrogen (secondary N) is 1. The molecule has 5 nitrogen and oxygen atoms in total. The number of hydrogen-bond donors (Lipinski definition) is 1. The van der Waals surface area contributed by atoms with E-state index in [9.17, 15) is 4.79 Å². The third-order valence-corrected chi connectivity index (χ3v) is 5.11. The summed E-state index contributed by atoms with van der Waals surface area (Å²) in [6.45, 7) is 6.08. The first-order valence-electron chi connectivity index (χ1n) is 10.0. The number of rotatable bonds is 8. The molecule has 0 atom stereocenters. The highest BCUT2D eigenvalue weighted by molar-refractivity contribution is 5.80. The van der Waals surface area contributed by atoms with E-state index >= 15 is 0 Å². The Bertz CT molecular complexity index is 968. The summed E-state index contributed by atoms with van der Waals surface area (Å²) in [5.41, 5.74) is 4.50. The molecule has 0 unspecified atom stereocenters. The van der Waals surface area contributed by atoms with E-state index in [4.69, 9.17) is 9.72 Å². The van der Waals surface area contributed by atoms with E-state index in [1.807, 2.05) is 18.2 Å². The molecule has 1 aromatic heterocycles. The highest BCUT2D eigenvalue weighted by atomic mass is 16.5. The average Bonchev–Trinajstić information content (AvgIpc) is 3.45. The van der Waals surface area contributed by atoms with Crippen molar-refractivity contribution < 1.29 is 9.53 Å². The van der Waals surface area contributed by atoms with Crippen LogP contribution in [-0.4, -0.2) is 28.6 Å². The summed E-state index contributed by atoms with van der Waals surface area (Å²) in [5, 5.41) is 3.04. The number of aromatic nitrogens is 2. The van der Waals surface area contributed by atoms with Crippen LogP contribution in [-0.2, 0) is 17.8 Å². The molecule has 0 spiro atoms. The smallest absolute Gasteiger partial charge is 0.223 e. The maximum atomic E-state index is 11.9. The SMILES string of the molecule is Cc1cc(C)cc(OCCn2c(CCNC(=O)C3CC3)nc3ccccc32)c1. The normalized spacial score (nSPS) is 13.6. The van der Waals surface area contributed by atoms with Crippen molar-refractivity contribution in [2.45, 2.75) is 39.7 Å². The molecule has 1 aliphatic rings. The van der Waals surface area contributed by atoms with Gasteiger partial charge >= 0.3 is 0 Å². The minimum atomic E-state index is 0.181. The van der Waals surface area contributed by atoms with Gasteiger partial charge in [-0.3, -0.25) is 4.79 Å². The lowest BCUT2D eigenvalue weighted by molar-refractivity contribution is -0.122. The number of hydrogen-bond acceptors (Lipinski definition) is 3. The van der Waals surface area contributed by atoms with E-state index < -0.39 is 0 Å². The molecule has 0 radical (unpaired) electrons. The van der Waals surface area contributed by atoms with Crippen LogP contribution in [0.1, 0.15) is 29.8 Å². The van der Waals surface area contributed by atoms with Gasteiger partial charge < -0.3 is 14.6 Å². The summed E-state index contributed by atoms with van der Waals surface area (Å²) in [6, 6.07) is 14.4. The maximum Gasteiger partial charge on any atom is 0.223 e. The van der Waals surface area contributed by atoms with Crippen LogP contribution in [0.15, 0.2) is 42.5 Å². The van der Waals surface area contributed by atoms with Gasteiger partial charge in [0.25, 0.3) is 0 Å². The summed E-state index contributed by atoms with van der Waals surface area (Å²) in [7, 11) is 0. The molecular formula is C23H27N3O2. The number of ether oxygens (including phenoxy) is 1. The molecule has 1 saturated carbocycles. The van der Waals surface area contributed by atoms with Gasteiger partial charge in [0.15, 0.2) is 0 Å². The number of fused-ring (bicyclic) bond motifs is 1. The zero-order chi connectivity index (χ0) is 19.5. The first kappa shape index (κ1) is 18.5. The van der Waals surface area contributed by atoms with E-state index in [0.29, 0.717) is 13.2 Å². The van der Waals surface area contributed by atoms with Gasteiger partial charge in [-0.05, 0) is 62.1 Å². The Labute approximate surface area is 165 Å². The van der Waals surface area contributed by atoms with Gasteiger partial charge in [0.1, 0.15) is 18.2 Å². The third kappa shape index (κ3) is 4.35. The Morgan fingerprint density at radius 1 is 1.18 bits per heavy atom. The number of carbonyl (C=O) groups is 1. The zero-order valence-electron chi connectivity index (χ0n) is 16.6. The lowest BCUT2D eigenvalue weighted by Crippen LogP contribution is -2.27. The van der Waals surface area contributed by atoms with Gasteiger partial charge in [-0.2, -0.15) is 0 Å². The largest absolute Gasteiger partial charge is 0.492 e. The van der Waals surface area contributed by atoms with Gasteiger partial charge in [-0.25, -0.2) is 4.98 Å². The molecule has 3 aromatic rings. The summed E-state index contributed by atoms with van der Waals surface area (Å²) < 4.78 is 8.22. The molecule has 5 heteroatoms. The molecule has 0 aliphatic heterocycles. The first-order chi connectivity index (χ1) is 13.6. The third-order valence-electron chi connectivity index (χ3n) is 5.11. The standard InChI is InChI=1S/C23H27N3O2/c1-16-13-17(2)15-19(14-16)28-12-11-26-21-6-4-3-5-20(21)25-22(26)9-10-24-23(27)18-7-8-18/h3-6,13-15,18H,7-12H2,1-2H3,(H,24,27). The summed E-state index contributed by atoms with van der Waals surface area (Å²) in [5.74, 6) is 2.31. The summed E-state index contributed by atoms with van der Waals surface area (Å²) in [6.07, 6.45) is 2.77. The fraction of sp³-hybridized carbons (Fsp3) is 0.391. The Balaban J connectivity index is 1.44. The maximum absolute atomic E-state index is 11.9. The molecule has 2 aromatic carbocycles. The second-order valence-corrected chi connectivity index (χ2v) is 7.66. The Kier molecular flexibility index (Phi) is 5.33. The van der Waals surface area contributed by atoms with E-state index in [-0.39, 0.29) is 11.8 Å². The van der Waals surface area contributed by atoms with Crippen molar-refractivity contribution in [1.29, 1.82) is 0 Å². The molecular weight excluding hydrogens is 350 g/mol. The fourth-order valence-electron chi connectivity index (χ4n) is 3.62. The monoisotopic (exact) mass is 377 g/mol. The molecule has 4 rings (SSSR count). The quantitative estimate of drug-likeness (QED) is 0.650. The van der Waals surface area contributed by atoms with Crippen LogP contribution in [0.25, 0.3) is 11.0 Å². The predicted octanol–water partition coefficient (Wildman–Crippen LogP) is 3.80. The van der Waals surface area contributed by atoms with Gasteiger partial charge in [-0.1, -0.05) is 18.2 Å². The number of aryl methyl sites for hydroxylation is 2. The van der Waals surface area contributed by atoms with Crippen LogP contribution in [0.5, 0.6) is 5.75 Å². The number of carbonyl (C=O) groups excluding carboxylic acids is 1. The molecule has 0 saturated heterocycles. The molecule has 1 N–H and O–H groups in total. The number of amides is 1. The number of imidazole rings is 1. The van der Waals surface area contributed by atoms with Crippen molar-refractivity contribution in [3.63, 3.8) is 0 Å². The van der Waals surface area contributed by atoms with Crippen molar-refractivity contribution in [3.8, 4) is 5.75 Å². The van der Waals surface area contributed by atoms with Crippen molar-refractivity contribution in [2.75, 3.05) is 13.2 Å². The molecule has 1 fully saturated rings. The van der Waals surface area contributed by atoms with Gasteiger partial charge in [0.2, 0.25) is 5.91 Å². The highest BCUT2D eigenvalue weighted by Crippen LogP contribution is 2.28. The zero-order valence-corrected chi connectivity index (χ0v) is 16.6. The molecule has 146 valence electrons. The lowest BCUT2D eigenvalue weighted by Gasteiger charge is -2.12. The average molecular weight is 377 g/mol. The van der Waals surface area contributed by atoms with Gasteiger partial charge in [0.05, 0.1) is 17.6 Å². The van der Waals surface area contributed by atoms with Crippen LogP contribution < -0.4 is 10.1 Å². The van der Waals surface area contributed by atoms with E-state index in [0.717, 1.165) is 48.4 Å². The molecule has 1 heterocycles. The molecule has 1 amide bonds. The van der Waals surface area contributed by atoms with E-state index in [1.165, 1.54) is 11.1 Å². The minimum Gasteiger partial charge on any atom is -0.492 e. The van der Waals surface area contributed by atoms with E-state index in [2.05, 4.69) is 48.0 Å². The Morgan fingerprint density at radius 3 is 2.68 bits per heavy atom. The highest BCUT2D eigenvalue weighted by Gasteiger charge is 2.29. The number of nitrogens with zero attached hydrogens (tertiary/aromatic N) is 2. The number of benzene rings is 2. The fourth-order valence-corrected chi connectivity index (χ4v) is 3.62. The first-order valence-corrected chi connectivity index (χ1v) is 10.0. The van der Waals surface area contributed by atoms with Crippen LogP contribution >= 0.6 is 0 Å². The van der Waals surface area contributed by atoms with Crippen molar-refractivity contribution in [1.82, 2.24) is 14.9 Å². The van der Waals surface area contributed by atoms with E-state index in [1.54, 1.807) is 0 Å². The Morgan fingerprint density at radius 2 is 1.93 bits per heavy atom. The predicted molar refractivity (Wildman–Crippen MR) is 111 cm³/mol. The van der Waals surface area contributed by atoms with Gasteiger partial charge in [-0.15, -0.1) is 0 Å². The second-order valence-electron chi connectivity index (χ2n) is 7.66. The van der Waals surface area contributed by atoms with Crippen molar-refractivity contribution in [3.05, 3.63) is 59.4 Å². The van der Waals surface area contributed by atoms with Crippen LogP contribution in [0.3, 0.4) is 0 Å². The van der Waals surface area contributed by atoms with Crippen LogP contribution in [0, 0.1) is 19.8 Å². The van der Waals surface area contributed by atoms with Crippen molar-refractivity contribution >= 4 is 16.9 Å². The van der Waals surface area contributed by atoms with Crippen molar-refractivity contribution in [2.24, 2.45) is 5.92 Å². The topological polar surface area (TPSA) is 56.1 Å². The molecule has 28 heavy (non-hydrogen) atoms.